The van der Waals surface area contributed by atoms with E-state index < -0.39 is 0 Å². The molecular weight excluding hydrogens is 374 g/mol. The molecule has 0 aliphatic heterocycles. The van der Waals surface area contributed by atoms with Crippen LogP contribution >= 0.6 is 11.3 Å². The molecule has 1 unspecified atom stereocenters. The summed E-state index contributed by atoms with van der Waals surface area (Å²) in [5.41, 5.74) is 7.20. The summed E-state index contributed by atoms with van der Waals surface area (Å²) in [6, 6.07) is 23.7. The smallest absolute Gasteiger partial charge is 0.114 e. The topological polar surface area (TPSA) is 30.7 Å². The first-order valence-corrected chi connectivity index (χ1v) is 10.7. The van der Waals surface area contributed by atoms with E-state index in [4.69, 9.17) is 4.98 Å². The van der Waals surface area contributed by atoms with Gasteiger partial charge in [-0.15, -0.1) is 0 Å². The minimum Gasteiger partial charge on any atom is -0.320 e. The number of fused-ring (bicyclic) bond motifs is 1. The highest BCUT2D eigenvalue weighted by Gasteiger charge is 2.18. The first kappa shape index (κ1) is 17.8. The van der Waals surface area contributed by atoms with Crippen LogP contribution in [0.4, 0.5) is 0 Å². The second kappa shape index (κ2) is 7.64. The lowest BCUT2D eigenvalue weighted by Gasteiger charge is -2.18. The first-order valence-electron chi connectivity index (χ1n) is 9.77. The van der Waals surface area contributed by atoms with Crippen molar-refractivity contribution >= 4 is 22.4 Å². The molecule has 0 amide bonds. The number of benzene rings is 2. The Hall–Kier alpha value is -3.24. The largest absolute Gasteiger partial charge is 0.320 e. The number of hydrogen-bond donors (Lipinski definition) is 0. The average Bonchev–Trinajstić information content (AvgIpc) is 3.42. The first-order chi connectivity index (χ1) is 14.3. The van der Waals surface area contributed by atoms with Crippen LogP contribution in [-0.2, 0) is 6.42 Å². The summed E-state index contributed by atoms with van der Waals surface area (Å²) in [7, 11) is 0. The molecule has 1 atom stereocenters. The molecule has 5 rings (SSSR count). The van der Waals surface area contributed by atoms with Crippen LogP contribution in [0.15, 0.2) is 89.9 Å². The lowest BCUT2D eigenvalue weighted by molar-refractivity contribution is 0.627. The third-order valence-corrected chi connectivity index (χ3v) is 6.08. The van der Waals surface area contributed by atoms with E-state index in [1.807, 2.05) is 12.4 Å². The van der Waals surface area contributed by atoms with Gasteiger partial charge in [0.05, 0.1) is 17.1 Å². The van der Waals surface area contributed by atoms with Gasteiger partial charge in [0.15, 0.2) is 0 Å². The summed E-state index contributed by atoms with van der Waals surface area (Å²) < 4.78 is 2.39. The molecule has 3 heterocycles. The Morgan fingerprint density at radius 3 is 2.52 bits per heavy atom. The fraction of sp³-hybridized carbons (Fsp3) is 0.120. The zero-order valence-corrected chi connectivity index (χ0v) is 17.0. The molecule has 0 saturated carbocycles. The second-order valence-electron chi connectivity index (χ2n) is 7.23. The van der Waals surface area contributed by atoms with E-state index in [-0.39, 0.29) is 6.04 Å². The van der Waals surface area contributed by atoms with E-state index in [1.54, 1.807) is 11.3 Å². The van der Waals surface area contributed by atoms with E-state index in [9.17, 15) is 0 Å². The SMILES string of the molecule is CC(c1ccccc1)n1c(Cc2ccncc2)nc2ccc(-c3ccsc3)cc21. The number of nitrogens with zero attached hydrogens (tertiary/aromatic N) is 3. The quantitative estimate of drug-likeness (QED) is 0.347. The number of rotatable bonds is 5. The molecule has 0 saturated heterocycles. The van der Waals surface area contributed by atoms with Gasteiger partial charge in [-0.1, -0.05) is 36.4 Å². The highest BCUT2D eigenvalue weighted by molar-refractivity contribution is 7.08. The number of hydrogen-bond acceptors (Lipinski definition) is 3. The van der Waals surface area contributed by atoms with Crippen molar-refractivity contribution in [3.05, 3.63) is 107 Å². The van der Waals surface area contributed by atoms with Gasteiger partial charge in [0, 0.05) is 18.8 Å². The zero-order chi connectivity index (χ0) is 19.6. The van der Waals surface area contributed by atoms with Gasteiger partial charge in [-0.25, -0.2) is 4.98 Å². The third-order valence-electron chi connectivity index (χ3n) is 5.40. The second-order valence-corrected chi connectivity index (χ2v) is 8.01. The molecule has 0 spiro atoms. The molecule has 4 heteroatoms. The van der Waals surface area contributed by atoms with Gasteiger partial charge in [-0.3, -0.25) is 4.98 Å². The van der Waals surface area contributed by atoms with Crippen molar-refractivity contribution in [3.8, 4) is 11.1 Å². The van der Waals surface area contributed by atoms with E-state index >= 15 is 0 Å². The van der Waals surface area contributed by atoms with Crippen molar-refractivity contribution in [2.75, 3.05) is 0 Å². The summed E-state index contributed by atoms with van der Waals surface area (Å²) in [6.07, 6.45) is 4.47. The zero-order valence-electron chi connectivity index (χ0n) is 16.2. The molecule has 0 bridgehead atoms. The predicted octanol–water partition coefficient (Wildman–Crippen LogP) is 6.36. The number of pyridine rings is 1. The molecular formula is C25H21N3S. The summed E-state index contributed by atoms with van der Waals surface area (Å²) in [4.78, 5) is 9.17. The van der Waals surface area contributed by atoms with Crippen LogP contribution in [-0.4, -0.2) is 14.5 Å². The summed E-state index contributed by atoms with van der Waals surface area (Å²) in [5.74, 6) is 1.07. The van der Waals surface area contributed by atoms with Gasteiger partial charge < -0.3 is 4.57 Å². The predicted molar refractivity (Wildman–Crippen MR) is 120 cm³/mol. The van der Waals surface area contributed by atoms with Crippen LogP contribution in [0.1, 0.15) is 29.9 Å². The van der Waals surface area contributed by atoms with Crippen LogP contribution in [0, 0.1) is 0 Å². The Labute approximate surface area is 174 Å². The van der Waals surface area contributed by atoms with Crippen molar-refractivity contribution in [3.63, 3.8) is 0 Å². The standard InChI is InChI=1S/C25H21N3S/c1-18(20-5-3-2-4-6-20)28-24-16-21(22-11-14-29-17-22)7-8-23(24)27-25(28)15-19-9-12-26-13-10-19/h2-14,16-18H,15H2,1H3. The fourth-order valence-electron chi connectivity index (χ4n) is 3.87. The van der Waals surface area contributed by atoms with Crippen LogP contribution in [0.2, 0.25) is 0 Å². The van der Waals surface area contributed by atoms with Crippen molar-refractivity contribution in [2.24, 2.45) is 0 Å². The molecule has 0 aliphatic carbocycles. The highest BCUT2D eigenvalue weighted by Crippen LogP contribution is 2.31. The normalized spacial score (nSPS) is 12.3. The van der Waals surface area contributed by atoms with Crippen LogP contribution in [0.5, 0.6) is 0 Å². The Morgan fingerprint density at radius 1 is 0.931 bits per heavy atom. The van der Waals surface area contributed by atoms with Gasteiger partial charge >= 0.3 is 0 Å². The molecule has 142 valence electrons. The van der Waals surface area contributed by atoms with E-state index in [2.05, 4.69) is 94.0 Å². The van der Waals surface area contributed by atoms with E-state index in [0.717, 1.165) is 17.8 Å². The highest BCUT2D eigenvalue weighted by atomic mass is 32.1. The van der Waals surface area contributed by atoms with Gasteiger partial charge in [-0.05, 0) is 70.3 Å². The molecule has 5 aromatic rings. The lowest BCUT2D eigenvalue weighted by Crippen LogP contribution is -2.11. The Balaban J connectivity index is 1.68. The maximum atomic E-state index is 5.02. The average molecular weight is 396 g/mol. The Bertz CT molecular complexity index is 1230. The van der Waals surface area contributed by atoms with E-state index in [1.165, 1.54) is 27.8 Å². The fourth-order valence-corrected chi connectivity index (χ4v) is 4.54. The number of aromatic nitrogens is 3. The Morgan fingerprint density at radius 2 is 1.76 bits per heavy atom. The van der Waals surface area contributed by atoms with Crippen molar-refractivity contribution in [1.82, 2.24) is 14.5 Å². The van der Waals surface area contributed by atoms with E-state index in [0.29, 0.717) is 0 Å². The van der Waals surface area contributed by atoms with Gasteiger partial charge in [0.25, 0.3) is 0 Å². The number of imidazole rings is 1. The molecule has 0 radical (unpaired) electrons. The van der Waals surface area contributed by atoms with Gasteiger partial charge in [0.2, 0.25) is 0 Å². The lowest BCUT2D eigenvalue weighted by atomic mass is 10.1. The van der Waals surface area contributed by atoms with Crippen molar-refractivity contribution < 1.29 is 0 Å². The molecule has 3 nitrogen and oxygen atoms in total. The molecule has 0 N–H and O–H groups in total. The van der Waals surface area contributed by atoms with Gasteiger partial charge in [0.1, 0.15) is 5.82 Å². The minimum absolute atomic E-state index is 0.191. The molecule has 0 fully saturated rings. The maximum Gasteiger partial charge on any atom is 0.114 e. The number of thiophene rings is 1. The third kappa shape index (κ3) is 3.47. The van der Waals surface area contributed by atoms with Crippen molar-refractivity contribution in [2.45, 2.75) is 19.4 Å². The monoisotopic (exact) mass is 395 g/mol. The summed E-state index contributed by atoms with van der Waals surface area (Å²) >= 11 is 1.73. The van der Waals surface area contributed by atoms with Crippen molar-refractivity contribution in [1.29, 1.82) is 0 Å². The van der Waals surface area contributed by atoms with Crippen LogP contribution < -0.4 is 0 Å². The van der Waals surface area contributed by atoms with Crippen LogP contribution in [0.25, 0.3) is 22.2 Å². The minimum atomic E-state index is 0.191. The molecule has 2 aromatic carbocycles. The van der Waals surface area contributed by atoms with Gasteiger partial charge in [-0.2, -0.15) is 11.3 Å². The Kier molecular flexibility index (Phi) is 4.70. The summed E-state index contributed by atoms with van der Waals surface area (Å²) in [5, 5.41) is 4.32. The maximum absolute atomic E-state index is 5.02. The summed E-state index contributed by atoms with van der Waals surface area (Å²) in [6.45, 7) is 2.25. The van der Waals surface area contributed by atoms with Crippen LogP contribution in [0.3, 0.4) is 0 Å². The molecule has 0 aliphatic rings. The molecule has 3 aromatic heterocycles. The molecule has 29 heavy (non-hydrogen) atoms.